The van der Waals surface area contributed by atoms with E-state index in [2.05, 4.69) is 273 Å². The lowest BCUT2D eigenvalue weighted by atomic mass is 9.97. The summed E-state index contributed by atoms with van der Waals surface area (Å²) in [5, 5.41) is 22.7. The van der Waals surface area contributed by atoms with E-state index in [0.717, 1.165) is 11.4 Å². The lowest BCUT2D eigenvalue weighted by Gasteiger charge is -2.15. The summed E-state index contributed by atoms with van der Waals surface area (Å²) in [6.45, 7) is 0. The third kappa shape index (κ3) is 5.51. The maximum Gasteiger partial charge on any atom is 0.0641 e. The van der Waals surface area contributed by atoms with Crippen LogP contribution in [0.25, 0.3) is 183 Å². The molecule has 0 amide bonds. The van der Waals surface area contributed by atoms with E-state index in [-0.39, 0.29) is 0 Å². The molecule has 12 aromatic carbocycles. The van der Waals surface area contributed by atoms with Gasteiger partial charge in [-0.3, -0.25) is 0 Å². The third-order valence-corrected chi connectivity index (χ3v) is 20.5. The summed E-state index contributed by atoms with van der Waals surface area (Å²) in [7, 11) is 0. The highest BCUT2D eigenvalue weighted by Crippen LogP contribution is 2.51. The Bertz CT molecular complexity index is 6240. The van der Waals surface area contributed by atoms with Gasteiger partial charge in [-0.15, -0.1) is 22.7 Å². The van der Waals surface area contributed by atoms with Crippen LogP contribution in [0.2, 0.25) is 0 Å². The molecule has 0 atom stereocenters. The van der Waals surface area contributed by atoms with Crippen molar-refractivity contribution in [1.29, 1.82) is 0 Å². The molecule has 0 radical (unpaired) electrons. The van der Waals surface area contributed by atoms with Gasteiger partial charge >= 0.3 is 0 Å². The van der Waals surface area contributed by atoms with Crippen molar-refractivity contribution >= 4 is 183 Å². The molecular weight excluding hydrogens is 1030 g/mol. The molecule has 378 valence electrons. The van der Waals surface area contributed by atoms with Gasteiger partial charge in [-0.25, -0.2) is 0 Å². The van der Waals surface area contributed by atoms with E-state index in [4.69, 9.17) is 0 Å². The summed E-state index contributed by atoms with van der Waals surface area (Å²) in [6, 6.07) is 93.7. The highest BCUT2D eigenvalue weighted by molar-refractivity contribution is 7.26. The molecule has 0 spiro atoms. The Morgan fingerprint density at radius 2 is 0.805 bits per heavy atom. The van der Waals surface area contributed by atoms with Gasteiger partial charge in [-0.2, -0.15) is 0 Å². The molecule has 8 heterocycles. The lowest BCUT2D eigenvalue weighted by molar-refractivity contribution is 1.18. The number of fused-ring (bicyclic) bond motifs is 31. The molecule has 8 aromatic heterocycles. The molecule has 0 aliphatic carbocycles. The van der Waals surface area contributed by atoms with Crippen molar-refractivity contribution in [3.05, 3.63) is 255 Å². The quantitative estimate of drug-likeness (QED) is 0.157. The number of rotatable bonds is 3. The van der Waals surface area contributed by atoms with Crippen molar-refractivity contribution in [2.24, 2.45) is 0 Å². The average molecular weight is 1080 g/mol. The number of para-hydroxylation sites is 3. The predicted molar refractivity (Wildman–Crippen MR) is 353 cm³/mol. The van der Waals surface area contributed by atoms with Crippen LogP contribution in [0.4, 0.5) is 0 Å². The predicted octanol–water partition coefficient (Wildman–Crippen LogP) is 21.7. The van der Waals surface area contributed by atoms with Crippen molar-refractivity contribution in [3.63, 3.8) is 0 Å². The van der Waals surface area contributed by atoms with Crippen LogP contribution >= 0.6 is 22.7 Å². The summed E-state index contributed by atoms with van der Waals surface area (Å²) >= 11 is 3.78. The number of pyridine rings is 2. The fourth-order valence-corrected chi connectivity index (χ4v) is 17.2. The smallest absolute Gasteiger partial charge is 0.0641 e. The topological polar surface area (TPSA) is 18.7 Å². The molecule has 6 heteroatoms. The van der Waals surface area contributed by atoms with E-state index in [0.29, 0.717) is 0 Å². The van der Waals surface area contributed by atoms with Crippen LogP contribution in [0, 0.1) is 0 Å². The minimum absolute atomic E-state index is 1.14. The molecular formula is C76H42N4S2. The summed E-state index contributed by atoms with van der Waals surface area (Å²) < 4.78 is 15.4. The third-order valence-electron chi connectivity index (χ3n) is 18.2. The van der Waals surface area contributed by atoms with Gasteiger partial charge in [0, 0.05) is 123 Å². The zero-order valence-electron chi connectivity index (χ0n) is 43.9. The summed E-state index contributed by atoms with van der Waals surface area (Å²) in [6.07, 6.45) is 2.39. The van der Waals surface area contributed by atoms with Crippen LogP contribution in [0.15, 0.2) is 255 Å². The minimum atomic E-state index is 1.14. The van der Waals surface area contributed by atoms with Crippen LogP contribution in [-0.4, -0.2) is 17.9 Å². The van der Waals surface area contributed by atoms with E-state index in [9.17, 15) is 0 Å². The van der Waals surface area contributed by atoms with Crippen LogP contribution < -0.4 is 0 Å². The highest BCUT2D eigenvalue weighted by Gasteiger charge is 2.27. The van der Waals surface area contributed by atoms with E-state index in [1.54, 1.807) is 0 Å². The molecule has 0 unspecified atom stereocenters. The Hall–Kier alpha value is -10.2. The van der Waals surface area contributed by atoms with Gasteiger partial charge in [0.05, 0.1) is 49.8 Å². The largest absolute Gasteiger partial charge is 0.314 e. The van der Waals surface area contributed by atoms with Crippen LogP contribution in [-0.2, 0) is 0 Å². The molecule has 0 N–H and O–H groups in total. The van der Waals surface area contributed by atoms with Gasteiger partial charge in [-0.05, 0) is 101 Å². The van der Waals surface area contributed by atoms with Crippen molar-refractivity contribution in [3.8, 4) is 22.6 Å². The van der Waals surface area contributed by atoms with Crippen molar-refractivity contribution in [2.45, 2.75) is 0 Å². The molecule has 20 rings (SSSR count). The zero-order valence-corrected chi connectivity index (χ0v) is 45.5. The maximum atomic E-state index is 2.64. The van der Waals surface area contributed by atoms with Crippen molar-refractivity contribution in [2.75, 3.05) is 0 Å². The molecule has 20 aromatic rings. The lowest BCUT2D eigenvalue weighted by Crippen LogP contribution is -1.97. The monoisotopic (exact) mass is 1070 g/mol. The molecule has 82 heavy (non-hydrogen) atoms. The second kappa shape index (κ2) is 15.8. The fraction of sp³-hybridized carbons (Fsp3) is 0. The number of aromatic nitrogens is 4. The summed E-state index contributed by atoms with van der Waals surface area (Å²) in [5.41, 5.74) is 14.4. The van der Waals surface area contributed by atoms with Crippen LogP contribution in [0.5, 0.6) is 0 Å². The molecule has 4 nitrogen and oxygen atoms in total. The number of hydrogen-bond donors (Lipinski definition) is 0. The minimum Gasteiger partial charge on any atom is -0.314 e. The first-order valence-corrected chi connectivity index (χ1v) is 29.8. The molecule has 0 fully saturated rings. The first kappa shape index (κ1) is 43.6. The Morgan fingerprint density at radius 3 is 1.60 bits per heavy atom. The second-order valence-corrected chi connectivity index (χ2v) is 24.4. The van der Waals surface area contributed by atoms with E-state index in [1.807, 2.05) is 22.7 Å². The molecule has 0 aliphatic heterocycles. The second-order valence-electron chi connectivity index (χ2n) is 22.3. The van der Waals surface area contributed by atoms with Crippen molar-refractivity contribution in [1.82, 2.24) is 17.9 Å². The van der Waals surface area contributed by atoms with Crippen LogP contribution in [0.1, 0.15) is 0 Å². The van der Waals surface area contributed by atoms with Gasteiger partial charge in [0.15, 0.2) is 0 Å². The first-order valence-electron chi connectivity index (χ1n) is 28.2. The van der Waals surface area contributed by atoms with Gasteiger partial charge in [0.25, 0.3) is 0 Å². The van der Waals surface area contributed by atoms with Gasteiger partial charge in [-0.1, -0.05) is 164 Å². The highest BCUT2D eigenvalue weighted by atomic mass is 32.1. The van der Waals surface area contributed by atoms with Crippen molar-refractivity contribution < 1.29 is 0 Å². The van der Waals surface area contributed by atoms with E-state index < -0.39 is 0 Å². The normalized spacial score (nSPS) is 12.6. The Morgan fingerprint density at radius 1 is 0.256 bits per heavy atom. The van der Waals surface area contributed by atoms with Gasteiger partial charge in [0.1, 0.15) is 0 Å². The fourth-order valence-electron chi connectivity index (χ4n) is 15.0. The molecule has 0 bridgehead atoms. The number of nitrogens with zero attached hydrogens (tertiary/aromatic N) is 4. The number of benzene rings is 12. The molecule has 0 saturated carbocycles. The first-order chi connectivity index (χ1) is 40.7. The van der Waals surface area contributed by atoms with E-state index >= 15 is 0 Å². The molecule has 0 saturated heterocycles. The number of hydrogen-bond acceptors (Lipinski definition) is 2. The van der Waals surface area contributed by atoms with Gasteiger partial charge < -0.3 is 17.9 Å². The maximum absolute atomic E-state index is 2.64. The average Bonchev–Trinajstić information content (AvgIpc) is 2.73. The standard InChI is InChI=1S/C76H42N4S2/c1-3-18-45(19-4-1)78-60-28-14-11-23-48(60)57-40-59-58(41-63(57)78)68-62(36-38-66-69(68)54-26-12-15-29-64(54)81-66)80-72(50-24-9-10-25-51(50)73(59)80)43-31-35-61-56(39-43)53-33-32-49-52-34-37-67-70(55-27-13-16-30-65(55)82-67)75(52)77-42-44-17-7-8-22-47(44)74(77)71(49)76(53)79(61)46-20-5-2-6-21-46/h1-42H. The number of thiophene rings is 2. The SMILES string of the molecule is c1ccc(-n2c3ccccc3c3cc4c(cc32)c2c3c(ccc2n2c(-c5ccc6c(c5)c5ccc7c8ccc9sc%10ccccc%10c9c8n8cc9ccccc9c8c7c5n6-c5ccccc5)c5ccccc5c42)sc2ccccc23)cc1. The molecule has 0 aliphatic rings. The summed E-state index contributed by atoms with van der Waals surface area (Å²) in [4.78, 5) is 0. The van der Waals surface area contributed by atoms with Gasteiger partial charge in [0.2, 0.25) is 0 Å². The van der Waals surface area contributed by atoms with Crippen LogP contribution in [0.3, 0.4) is 0 Å². The van der Waals surface area contributed by atoms with E-state index in [1.165, 1.54) is 171 Å². The Kier molecular flexibility index (Phi) is 8.39. The zero-order chi connectivity index (χ0) is 53.1. The Labute approximate surface area is 475 Å². The Balaban J connectivity index is 0.956. The summed E-state index contributed by atoms with van der Waals surface area (Å²) in [5.74, 6) is 0.